The van der Waals surface area contributed by atoms with Crippen LogP contribution in [0.1, 0.15) is 26.4 Å². The van der Waals surface area contributed by atoms with Crippen LogP contribution in [0.4, 0.5) is 14.5 Å². The molecule has 2 aromatic carbocycles. The lowest BCUT2D eigenvalue weighted by molar-refractivity contribution is 0.0926. The molecule has 2 aromatic heterocycles. The summed E-state index contributed by atoms with van der Waals surface area (Å²) in [6, 6.07) is 9.99. The molecule has 0 saturated carbocycles. The average Bonchev–Trinajstić information content (AvgIpc) is 3.24. The van der Waals surface area contributed by atoms with Crippen LogP contribution in [0.5, 0.6) is 5.75 Å². The summed E-state index contributed by atoms with van der Waals surface area (Å²) in [5.41, 5.74) is 1.76. The third-order valence-electron chi connectivity index (χ3n) is 5.20. The summed E-state index contributed by atoms with van der Waals surface area (Å²) in [5.74, 6) is -2.84. The van der Waals surface area contributed by atoms with Gasteiger partial charge in [-0.1, -0.05) is 0 Å². The number of rotatable bonds is 3. The van der Waals surface area contributed by atoms with E-state index in [1.807, 2.05) is 0 Å². The van der Waals surface area contributed by atoms with Crippen molar-refractivity contribution in [3.8, 4) is 11.4 Å². The number of imide groups is 1. The first-order chi connectivity index (χ1) is 14.9. The minimum absolute atomic E-state index is 0.0570. The van der Waals surface area contributed by atoms with Crippen LogP contribution in [0.2, 0.25) is 0 Å². The van der Waals surface area contributed by atoms with Crippen LogP contribution >= 0.6 is 0 Å². The van der Waals surface area contributed by atoms with Gasteiger partial charge in [0.2, 0.25) is 0 Å². The average molecular weight is 420 g/mol. The molecule has 0 spiro atoms. The molecule has 4 aromatic rings. The van der Waals surface area contributed by atoms with E-state index in [0.717, 1.165) is 17.0 Å². The minimum Gasteiger partial charge on any atom is -0.497 e. The first-order valence-electron chi connectivity index (χ1n) is 9.27. The molecule has 1 aliphatic rings. The van der Waals surface area contributed by atoms with E-state index in [4.69, 9.17) is 4.74 Å². The maximum atomic E-state index is 13.7. The Bertz CT molecular complexity index is 1400. The minimum atomic E-state index is -1.15. The molecule has 1 aliphatic heterocycles. The van der Waals surface area contributed by atoms with Gasteiger partial charge in [0.1, 0.15) is 5.75 Å². The summed E-state index contributed by atoms with van der Waals surface area (Å²) in [6.45, 7) is 1.71. The van der Waals surface area contributed by atoms with Crippen molar-refractivity contribution in [2.24, 2.45) is 0 Å². The van der Waals surface area contributed by atoms with Gasteiger partial charge in [-0.25, -0.2) is 23.3 Å². The maximum absolute atomic E-state index is 13.7. The van der Waals surface area contributed by atoms with E-state index in [0.29, 0.717) is 28.2 Å². The van der Waals surface area contributed by atoms with E-state index in [9.17, 15) is 18.4 Å². The molecular weight excluding hydrogens is 406 g/mol. The zero-order chi connectivity index (χ0) is 21.9. The van der Waals surface area contributed by atoms with Crippen LogP contribution in [-0.4, -0.2) is 33.7 Å². The highest BCUT2D eigenvalue weighted by Crippen LogP contribution is 2.35. The highest BCUT2D eigenvalue weighted by atomic mass is 19.2. The number of aromatic nitrogens is 3. The van der Waals surface area contributed by atoms with Crippen LogP contribution in [0.3, 0.4) is 0 Å². The predicted molar refractivity (Wildman–Crippen MR) is 108 cm³/mol. The molecule has 0 fully saturated rings. The lowest BCUT2D eigenvalue weighted by Gasteiger charge is -2.13. The zero-order valence-corrected chi connectivity index (χ0v) is 16.4. The van der Waals surface area contributed by atoms with Crippen LogP contribution in [0.15, 0.2) is 48.7 Å². The van der Waals surface area contributed by atoms with Gasteiger partial charge in [0, 0.05) is 12.3 Å². The molecule has 2 amide bonds. The number of halogens is 2. The summed E-state index contributed by atoms with van der Waals surface area (Å²) in [4.78, 5) is 31.3. The van der Waals surface area contributed by atoms with E-state index in [2.05, 4.69) is 10.1 Å². The van der Waals surface area contributed by atoms with E-state index >= 15 is 0 Å². The van der Waals surface area contributed by atoms with Gasteiger partial charge in [0.25, 0.3) is 11.8 Å². The number of hydrogen-bond acceptors (Lipinski definition) is 5. The Labute approximate surface area is 174 Å². The number of amides is 2. The maximum Gasteiger partial charge on any atom is 0.267 e. The van der Waals surface area contributed by atoms with Gasteiger partial charge in [0.05, 0.1) is 40.7 Å². The Hall–Kier alpha value is -4.14. The zero-order valence-electron chi connectivity index (χ0n) is 16.4. The molecule has 3 heterocycles. The van der Waals surface area contributed by atoms with Gasteiger partial charge in [-0.3, -0.25) is 9.59 Å². The van der Waals surface area contributed by atoms with Crippen LogP contribution < -0.4 is 9.64 Å². The van der Waals surface area contributed by atoms with E-state index in [1.165, 1.54) is 12.3 Å². The monoisotopic (exact) mass is 420 g/mol. The number of aryl methyl sites for hydroxylation is 1. The Morgan fingerprint density at radius 1 is 0.935 bits per heavy atom. The predicted octanol–water partition coefficient (Wildman–Crippen LogP) is 3.82. The molecule has 0 bridgehead atoms. The van der Waals surface area contributed by atoms with Gasteiger partial charge in [-0.05, 0) is 43.3 Å². The number of pyridine rings is 1. The van der Waals surface area contributed by atoms with E-state index < -0.39 is 23.4 Å². The first kappa shape index (κ1) is 18.9. The van der Waals surface area contributed by atoms with E-state index in [1.54, 1.807) is 43.0 Å². The van der Waals surface area contributed by atoms with Gasteiger partial charge in [-0.15, -0.1) is 0 Å². The smallest absolute Gasteiger partial charge is 0.267 e. The number of carbonyl (C=O) groups excluding carboxylic acids is 2. The molecule has 31 heavy (non-hydrogen) atoms. The fourth-order valence-electron chi connectivity index (χ4n) is 3.72. The number of carbonyl (C=O) groups is 2. The van der Waals surface area contributed by atoms with Crippen LogP contribution in [0, 0.1) is 18.6 Å². The van der Waals surface area contributed by atoms with Crippen LogP contribution in [-0.2, 0) is 0 Å². The van der Waals surface area contributed by atoms with Gasteiger partial charge in [-0.2, -0.15) is 5.10 Å². The molecule has 5 rings (SSSR count). The fourth-order valence-corrected chi connectivity index (χ4v) is 3.72. The molecule has 0 saturated heterocycles. The number of fused-ring (bicyclic) bond motifs is 3. The first-order valence-corrected chi connectivity index (χ1v) is 9.27. The number of methoxy groups -OCH3 is 1. The topological polar surface area (TPSA) is 77.3 Å². The second-order valence-electron chi connectivity index (χ2n) is 6.98. The van der Waals surface area contributed by atoms with Crippen molar-refractivity contribution in [3.05, 3.63) is 77.1 Å². The lowest BCUT2D eigenvalue weighted by Crippen LogP contribution is -2.29. The number of anilines is 1. The molecule has 7 nitrogen and oxygen atoms in total. The Morgan fingerprint density at radius 3 is 2.32 bits per heavy atom. The van der Waals surface area contributed by atoms with Crippen molar-refractivity contribution < 1.29 is 23.1 Å². The number of benzene rings is 2. The molecule has 0 unspecified atom stereocenters. The third kappa shape index (κ3) is 2.70. The Balaban J connectivity index is 1.67. The highest BCUT2D eigenvalue weighted by molar-refractivity contribution is 6.37. The number of nitrogens with zero attached hydrogens (tertiary/aromatic N) is 4. The van der Waals surface area contributed by atoms with Gasteiger partial charge in [0.15, 0.2) is 17.3 Å². The highest BCUT2D eigenvalue weighted by Gasteiger charge is 2.40. The molecule has 9 heteroatoms. The van der Waals surface area contributed by atoms with Gasteiger partial charge >= 0.3 is 0 Å². The van der Waals surface area contributed by atoms with Crippen molar-refractivity contribution >= 4 is 28.5 Å². The van der Waals surface area contributed by atoms with Crippen molar-refractivity contribution in [2.75, 3.05) is 12.0 Å². The normalized spacial score (nSPS) is 13.2. The quantitative estimate of drug-likeness (QED) is 0.471. The van der Waals surface area contributed by atoms with Crippen molar-refractivity contribution in [3.63, 3.8) is 0 Å². The SMILES string of the molecule is COc1ccc(-n2nc(C)c3c4c(cnc32)C(=O)N(c2ccc(F)c(F)c2)C4=O)cc1. The number of ether oxygens (including phenoxy) is 1. The molecule has 0 aliphatic carbocycles. The summed E-state index contributed by atoms with van der Waals surface area (Å²) in [5, 5.41) is 4.93. The van der Waals surface area contributed by atoms with Crippen molar-refractivity contribution in [2.45, 2.75) is 6.92 Å². The summed E-state index contributed by atoms with van der Waals surface area (Å²) in [6.07, 6.45) is 1.30. The molecule has 0 radical (unpaired) electrons. The molecule has 0 atom stereocenters. The summed E-state index contributed by atoms with van der Waals surface area (Å²) < 4.78 is 33.8. The summed E-state index contributed by atoms with van der Waals surface area (Å²) >= 11 is 0. The van der Waals surface area contributed by atoms with Crippen molar-refractivity contribution in [1.29, 1.82) is 0 Å². The van der Waals surface area contributed by atoms with Gasteiger partial charge < -0.3 is 4.74 Å². The van der Waals surface area contributed by atoms with Crippen LogP contribution in [0.25, 0.3) is 16.7 Å². The molecule has 0 N–H and O–H groups in total. The Morgan fingerprint density at radius 2 is 1.65 bits per heavy atom. The Kier molecular flexibility index (Phi) is 4.07. The van der Waals surface area contributed by atoms with Crippen molar-refractivity contribution in [1.82, 2.24) is 14.8 Å². The molecule has 154 valence electrons. The fraction of sp³-hybridized carbons (Fsp3) is 0.0909. The van der Waals surface area contributed by atoms with E-state index in [-0.39, 0.29) is 16.8 Å². The molecular formula is C22H14F2N4O3. The standard InChI is InChI=1S/C22H14F2N4O3/c1-11-18-19-15(21(29)27(22(19)30)13-5-8-16(23)17(24)9-13)10-25-20(18)28(26-11)12-3-6-14(31-2)7-4-12/h3-10H,1-2H3. The third-order valence-corrected chi connectivity index (χ3v) is 5.20. The lowest BCUT2D eigenvalue weighted by atomic mass is 10.1. The summed E-state index contributed by atoms with van der Waals surface area (Å²) in [7, 11) is 1.56. The second-order valence-corrected chi connectivity index (χ2v) is 6.98. The largest absolute Gasteiger partial charge is 0.497 e. The second kappa shape index (κ2) is 6.69. The number of hydrogen-bond donors (Lipinski definition) is 0.